The predicted molar refractivity (Wildman–Crippen MR) is 113 cm³/mol. The van der Waals surface area contributed by atoms with E-state index in [1.165, 1.54) is 17.0 Å². The number of anilines is 1. The molecule has 0 fully saturated rings. The predicted octanol–water partition coefficient (Wildman–Crippen LogP) is 4.34. The number of hydrogen-bond donors (Lipinski definition) is 1. The van der Waals surface area contributed by atoms with E-state index in [-0.39, 0.29) is 37.1 Å². The summed E-state index contributed by atoms with van der Waals surface area (Å²) in [5.74, 6) is -0.817. The summed E-state index contributed by atoms with van der Waals surface area (Å²) in [5, 5.41) is 2.75. The molecule has 0 aliphatic heterocycles. The Morgan fingerprint density at radius 3 is 2.38 bits per heavy atom. The second-order valence-corrected chi connectivity index (χ2v) is 7.21. The van der Waals surface area contributed by atoms with Gasteiger partial charge in [-0.25, -0.2) is 4.39 Å². The first-order chi connectivity index (χ1) is 14.0. The van der Waals surface area contributed by atoms with Gasteiger partial charge in [0.1, 0.15) is 5.82 Å². The van der Waals surface area contributed by atoms with Crippen molar-refractivity contribution >= 4 is 33.4 Å². The molecule has 0 aliphatic rings. The van der Waals surface area contributed by atoms with E-state index >= 15 is 0 Å². The van der Waals surface area contributed by atoms with Crippen LogP contribution in [0.4, 0.5) is 10.1 Å². The fraction of sp³-hybridized carbons (Fsp3) is 0.136. The van der Waals surface area contributed by atoms with Gasteiger partial charge in [-0.1, -0.05) is 22.0 Å². The molecule has 1 aromatic heterocycles. The average molecular weight is 456 g/mol. The molecule has 148 valence electrons. The van der Waals surface area contributed by atoms with Gasteiger partial charge in [0.15, 0.2) is 0 Å². The van der Waals surface area contributed by atoms with Crippen molar-refractivity contribution in [3.63, 3.8) is 0 Å². The summed E-state index contributed by atoms with van der Waals surface area (Å²) < 4.78 is 14.2. The average Bonchev–Trinajstić information content (AvgIpc) is 2.74. The van der Waals surface area contributed by atoms with Gasteiger partial charge in [0, 0.05) is 34.9 Å². The lowest BCUT2D eigenvalue weighted by Crippen LogP contribution is -2.34. The van der Waals surface area contributed by atoms with Crippen molar-refractivity contribution in [1.82, 2.24) is 10.3 Å². The molecule has 3 aromatic rings. The minimum Gasteiger partial charge on any atom is -0.352 e. The molecule has 0 aliphatic carbocycles. The number of nitrogens with zero attached hydrogens (tertiary/aromatic N) is 2. The number of aromatic nitrogens is 1. The zero-order valence-corrected chi connectivity index (χ0v) is 17.1. The van der Waals surface area contributed by atoms with Gasteiger partial charge in [-0.15, -0.1) is 0 Å². The smallest absolute Gasteiger partial charge is 0.251 e. The fourth-order valence-corrected chi connectivity index (χ4v) is 2.98. The number of hydrogen-bond acceptors (Lipinski definition) is 3. The number of pyridine rings is 1. The molecule has 0 atom stereocenters. The maximum absolute atomic E-state index is 13.3. The van der Waals surface area contributed by atoms with Gasteiger partial charge < -0.3 is 10.2 Å². The third-order valence-corrected chi connectivity index (χ3v) is 4.75. The molecule has 2 amide bonds. The van der Waals surface area contributed by atoms with E-state index < -0.39 is 0 Å². The molecule has 0 saturated heterocycles. The topological polar surface area (TPSA) is 62.3 Å². The van der Waals surface area contributed by atoms with Crippen LogP contribution in [0.25, 0.3) is 0 Å². The minimum absolute atomic E-state index is 0.104. The third-order valence-electron chi connectivity index (χ3n) is 4.22. The summed E-state index contributed by atoms with van der Waals surface area (Å²) in [7, 11) is 0. The summed E-state index contributed by atoms with van der Waals surface area (Å²) >= 11 is 3.33. The minimum atomic E-state index is -0.374. The zero-order chi connectivity index (χ0) is 20.6. The van der Waals surface area contributed by atoms with Gasteiger partial charge in [-0.2, -0.15) is 0 Å². The molecular weight excluding hydrogens is 437 g/mol. The van der Waals surface area contributed by atoms with Crippen LogP contribution >= 0.6 is 15.9 Å². The first kappa shape index (κ1) is 20.7. The van der Waals surface area contributed by atoms with Crippen molar-refractivity contribution in [2.24, 2.45) is 0 Å². The molecule has 0 saturated carbocycles. The SMILES string of the molecule is O=C(NCCC(=O)N(Cc1ccccn1)c1ccc(F)cc1)c1ccc(Br)cc1. The number of amides is 2. The quantitative estimate of drug-likeness (QED) is 0.576. The number of nitrogens with one attached hydrogen (secondary N) is 1. The highest BCUT2D eigenvalue weighted by Gasteiger charge is 2.17. The number of rotatable bonds is 7. The highest BCUT2D eigenvalue weighted by atomic mass is 79.9. The Morgan fingerprint density at radius 2 is 1.72 bits per heavy atom. The molecule has 0 bridgehead atoms. The number of carbonyl (C=O) groups excluding carboxylic acids is 2. The van der Waals surface area contributed by atoms with Crippen molar-refractivity contribution in [3.8, 4) is 0 Å². The van der Waals surface area contributed by atoms with Gasteiger partial charge in [-0.05, 0) is 60.7 Å². The van der Waals surface area contributed by atoms with Crippen LogP contribution in [-0.2, 0) is 11.3 Å². The first-order valence-electron chi connectivity index (χ1n) is 9.02. The van der Waals surface area contributed by atoms with E-state index in [0.29, 0.717) is 16.9 Å². The molecular formula is C22H19BrFN3O2. The van der Waals surface area contributed by atoms with Crippen LogP contribution in [0.15, 0.2) is 77.4 Å². The zero-order valence-electron chi connectivity index (χ0n) is 15.5. The Morgan fingerprint density at radius 1 is 1.00 bits per heavy atom. The van der Waals surface area contributed by atoms with Gasteiger partial charge in [-0.3, -0.25) is 14.6 Å². The van der Waals surface area contributed by atoms with Crippen LogP contribution in [0.5, 0.6) is 0 Å². The second-order valence-electron chi connectivity index (χ2n) is 6.29. The van der Waals surface area contributed by atoms with Crippen molar-refractivity contribution < 1.29 is 14.0 Å². The van der Waals surface area contributed by atoms with E-state index in [1.807, 2.05) is 12.1 Å². The lowest BCUT2D eigenvalue weighted by Gasteiger charge is -2.23. The highest BCUT2D eigenvalue weighted by molar-refractivity contribution is 9.10. The normalized spacial score (nSPS) is 10.4. The lowest BCUT2D eigenvalue weighted by atomic mass is 10.2. The maximum atomic E-state index is 13.3. The van der Waals surface area contributed by atoms with Crippen molar-refractivity contribution in [2.75, 3.05) is 11.4 Å². The molecule has 1 heterocycles. The molecule has 7 heteroatoms. The highest BCUT2D eigenvalue weighted by Crippen LogP contribution is 2.18. The molecule has 1 N–H and O–H groups in total. The van der Waals surface area contributed by atoms with E-state index in [1.54, 1.807) is 48.7 Å². The molecule has 2 aromatic carbocycles. The van der Waals surface area contributed by atoms with Crippen LogP contribution in [0.3, 0.4) is 0 Å². The molecule has 0 unspecified atom stereocenters. The van der Waals surface area contributed by atoms with Crippen molar-refractivity contribution in [1.29, 1.82) is 0 Å². The molecule has 3 rings (SSSR count). The standard InChI is InChI=1S/C22H19BrFN3O2/c23-17-6-4-16(5-7-17)22(29)26-14-12-21(28)27(15-19-3-1-2-13-25-19)20-10-8-18(24)9-11-20/h1-11,13H,12,14-15H2,(H,26,29). The molecule has 29 heavy (non-hydrogen) atoms. The number of halogens is 2. The summed E-state index contributed by atoms with van der Waals surface area (Å²) in [5.41, 5.74) is 1.80. The van der Waals surface area contributed by atoms with Crippen molar-refractivity contribution in [2.45, 2.75) is 13.0 Å². The Balaban J connectivity index is 1.65. The van der Waals surface area contributed by atoms with Crippen LogP contribution in [0.2, 0.25) is 0 Å². The van der Waals surface area contributed by atoms with Gasteiger partial charge in [0.25, 0.3) is 5.91 Å². The fourth-order valence-electron chi connectivity index (χ4n) is 2.72. The summed E-state index contributed by atoms with van der Waals surface area (Å²) in [6.07, 6.45) is 1.76. The summed E-state index contributed by atoms with van der Waals surface area (Å²) in [6, 6.07) is 18.1. The second kappa shape index (κ2) is 9.93. The molecule has 0 radical (unpaired) electrons. The van der Waals surface area contributed by atoms with Crippen LogP contribution < -0.4 is 10.2 Å². The summed E-state index contributed by atoms with van der Waals surface area (Å²) in [6.45, 7) is 0.444. The van der Waals surface area contributed by atoms with Crippen LogP contribution in [0, 0.1) is 5.82 Å². The lowest BCUT2D eigenvalue weighted by molar-refractivity contribution is -0.118. The van der Waals surface area contributed by atoms with Gasteiger partial charge in [0.2, 0.25) is 5.91 Å². The first-order valence-corrected chi connectivity index (χ1v) is 9.82. The number of benzene rings is 2. The van der Waals surface area contributed by atoms with Crippen LogP contribution in [-0.4, -0.2) is 23.3 Å². The molecule has 0 spiro atoms. The Labute approximate surface area is 176 Å². The van der Waals surface area contributed by atoms with Gasteiger partial charge in [0.05, 0.1) is 12.2 Å². The summed E-state index contributed by atoms with van der Waals surface area (Å²) in [4.78, 5) is 30.8. The Kier molecular flexibility index (Phi) is 7.08. The molecule has 5 nitrogen and oxygen atoms in total. The maximum Gasteiger partial charge on any atom is 0.251 e. The largest absolute Gasteiger partial charge is 0.352 e. The van der Waals surface area contributed by atoms with Gasteiger partial charge >= 0.3 is 0 Å². The third kappa shape index (κ3) is 5.96. The van der Waals surface area contributed by atoms with E-state index in [9.17, 15) is 14.0 Å². The Bertz CT molecular complexity index is 964. The van der Waals surface area contributed by atoms with Crippen LogP contribution in [0.1, 0.15) is 22.5 Å². The number of carbonyl (C=O) groups is 2. The Hall–Kier alpha value is -3.06. The van der Waals surface area contributed by atoms with Crippen molar-refractivity contribution in [3.05, 3.63) is 94.5 Å². The van der Waals surface area contributed by atoms with E-state index in [4.69, 9.17) is 0 Å². The van der Waals surface area contributed by atoms with E-state index in [0.717, 1.165) is 4.47 Å². The monoisotopic (exact) mass is 455 g/mol. The van der Waals surface area contributed by atoms with E-state index in [2.05, 4.69) is 26.2 Å².